The van der Waals surface area contributed by atoms with Gasteiger partial charge in [0.15, 0.2) is 0 Å². The van der Waals surface area contributed by atoms with Crippen molar-refractivity contribution in [2.45, 2.75) is 46.3 Å². The van der Waals surface area contributed by atoms with E-state index in [0.29, 0.717) is 5.69 Å². The molecule has 2 N–H and O–H groups in total. The first kappa shape index (κ1) is 12.7. The number of carbonyl (C=O) groups excluding carboxylic acids is 1. The molecule has 0 aromatic carbocycles. The van der Waals surface area contributed by atoms with Crippen molar-refractivity contribution in [3.63, 3.8) is 0 Å². The van der Waals surface area contributed by atoms with E-state index in [9.17, 15) is 4.79 Å². The lowest BCUT2D eigenvalue weighted by atomic mass is 10.2. The maximum Gasteiger partial charge on any atom is 0.412 e. The van der Waals surface area contributed by atoms with E-state index in [4.69, 9.17) is 4.74 Å². The smallest absolute Gasteiger partial charge is 0.412 e. The normalized spacial score (nSPS) is 14.7. The molecule has 0 saturated carbocycles. The summed E-state index contributed by atoms with van der Waals surface area (Å²) in [6.07, 6.45) is 0.591. The van der Waals surface area contributed by atoms with Crippen LogP contribution in [-0.4, -0.2) is 28.0 Å². The molecule has 0 unspecified atom stereocenters. The average Bonchev–Trinajstić information content (AvgIpc) is 2.53. The maximum atomic E-state index is 11.8. The molecule has 0 bridgehead atoms. The highest BCUT2D eigenvalue weighted by atomic mass is 16.6. The highest BCUT2D eigenvalue weighted by Gasteiger charge is 2.22. The number of amides is 1. The molecule has 6 nitrogen and oxygen atoms in total. The molecule has 0 fully saturated rings. The number of ether oxygens (including phenoxy) is 1. The van der Waals surface area contributed by atoms with Gasteiger partial charge >= 0.3 is 6.09 Å². The van der Waals surface area contributed by atoms with Crippen LogP contribution in [0.4, 0.5) is 16.3 Å². The maximum absolute atomic E-state index is 11.8. The van der Waals surface area contributed by atoms with Crippen molar-refractivity contribution in [1.29, 1.82) is 0 Å². The second-order valence-electron chi connectivity index (χ2n) is 5.44. The van der Waals surface area contributed by atoms with Crippen molar-refractivity contribution in [2.75, 3.05) is 17.2 Å². The van der Waals surface area contributed by atoms with Crippen LogP contribution in [0, 0.1) is 6.92 Å². The Morgan fingerprint density at radius 3 is 2.89 bits per heavy atom. The molecule has 18 heavy (non-hydrogen) atoms. The lowest BCUT2D eigenvalue weighted by molar-refractivity contribution is 0.0636. The zero-order valence-electron chi connectivity index (χ0n) is 11.3. The number of aryl methyl sites for hydroxylation is 2. The number of rotatable bonds is 1. The predicted octanol–water partition coefficient (Wildman–Crippen LogP) is 2.35. The van der Waals surface area contributed by atoms with Gasteiger partial charge in [0, 0.05) is 13.1 Å². The molecular weight excluding hydrogens is 232 g/mol. The van der Waals surface area contributed by atoms with Crippen molar-refractivity contribution in [3.8, 4) is 0 Å². The molecule has 0 spiro atoms. The van der Waals surface area contributed by atoms with Crippen LogP contribution in [0.15, 0.2) is 0 Å². The Balaban J connectivity index is 2.14. The van der Waals surface area contributed by atoms with E-state index in [-0.39, 0.29) is 0 Å². The summed E-state index contributed by atoms with van der Waals surface area (Å²) in [7, 11) is 0. The van der Waals surface area contributed by atoms with Gasteiger partial charge in [-0.25, -0.2) is 9.48 Å². The minimum Gasteiger partial charge on any atom is -0.444 e. The number of carbonyl (C=O) groups is 1. The van der Waals surface area contributed by atoms with E-state index in [1.165, 1.54) is 0 Å². The molecule has 1 aliphatic heterocycles. The third kappa shape index (κ3) is 2.75. The minimum absolute atomic E-state index is 0.450. The standard InChI is InChI=1S/C12H20N4O2/c1-8-9(14-11(17)18-12(2,3)4)10-13-6-5-7-16(10)15-8/h13H,5-7H2,1-4H3,(H,14,17). The quantitative estimate of drug-likeness (QED) is 0.805. The Bertz CT molecular complexity index is 459. The SMILES string of the molecule is Cc1nn2c(c1NC(=O)OC(C)(C)C)NCCC2. The third-order valence-corrected chi connectivity index (χ3v) is 2.59. The fourth-order valence-electron chi connectivity index (χ4n) is 1.91. The summed E-state index contributed by atoms with van der Waals surface area (Å²) < 4.78 is 7.12. The van der Waals surface area contributed by atoms with E-state index in [1.54, 1.807) is 0 Å². The molecule has 6 heteroatoms. The molecule has 100 valence electrons. The minimum atomic E-state index is -0.501. The van der Waals surface area contributed by atoms with Crippen LogP contribution < -0.4 is 10.6 Å². The van der Waals surface area contributed by atoms with Gasteiger partial charge in [-0.1, -0.05) is 0 Å². The number of nitrogens with one attached hydrogen (secondary N) is 2. The van der Waals surface area contributed by atoms with Gasteiger partial charge in [0.2, 0.25) is 0 Å². The third-order valence-electron chi connectivity index (χ3n) is 2.59. The average molecular weight is 252 g/mol. The van der Waals surface area contributed by atoms with Crippen LogP contribution in [0.25, 0.3) is 0 Å². The van der Waals surface area contributed by atoms with Crippen molar-refractivity contribution >= 4 is 17.6 Å². The number of aromatic nitrogens is 2. The van der Waals surface area contributed by atoms with E-state index in [0.717, 1.165) is 31.0 Å². The Labute approximate surface area is 107 Å². The molecule has 0 radical (unpaired) electrons. The molecule has 0 saturated heterocycles. The zero-order chi connectivity index (χ0) is 13.3. The molecule has 0 aliphatic carbocycles. The Morgan fingerprint density at radius 1 is 1.50 bits per heavy atom. The lowest BCUT2D eigenvalue weighted by Crippen LogP contribution is -2.28. The molecule has 2 rings (SSSR count). The van der Waals surface area contributed by atoms with Crippen molar-refractivity contribution < 1.29 is 9.53 Å². The van der Waals surface area contributed by atoms with Gasteiger partial charge in [0.05, 0.1) is 5.69 Å². The fourth-order valence-corrected chi connectivity index (χ4v) is 1.91. The van der Waals surface area contributed by atoms with Crippen LogP contribution in [0.5, 0.6) is 0 Å². The first-order chi connectivity index (χ1) is 8.37. The summed E-state index contributed by atoms with van der Waals surface area (Å²) in [4.78, 5) is 11.8. The molecule has 1 aromatic heterocycles. The van der Waals surface area contributed by atoms with E-state index in [2.05, 4.69) is 15.7 Å². The first-order valence-electron chi connectivity index (χ1n) is 6.18. The number of nitrogens with zero attached hydrogens (tertiary/aromatic N) is 2. The topological polar surface area (TPSA) is 68.2 Å². The second-order valence-corrected chi connectivity index (χ2v) is 5.44. The zero-order valence-corrected chi connectivity index (χ0v) is 11.3. The molecule has 2 heterocycles. The summed E-state index contributed by atoms with van der Waals surface area (Å²) in [5.74, 6) is 0.865. The highest BCUT2D eigenvalue weighted by molar-refractivity contribution is 5.90. The van der Waals surface area contributed by atoms with E-state index in [1.807, 2.05) is 32.4 Å². The van der Waals surface area contributed by atoms with Gasteiger partial charge in [-0.15, -0.1) is 0 Å². The Hall–Kier alpha value is -1.72. The molecule has 1 aliphatic rings. The van der Waals surface area contributed by atoms with Crippen LogP contribution in [0.3, 0.4) is 0 Å². The van der Waals surface area contributed by atoms with Crippen molar-refractivity contribution in [2.24, 2.45) is 0 Å². The summed E-state index contributed by atoms with van der Waals surface area (Å²) >= 11 is 0. The van der Waals surface area contributed by atoms with Gasteiger partial charge in [-0.3, -0.25) is 5.32 Å². The van der Waals surface area contributed by atoms with Crippen LogP contribution in [-0.2, 0) is 11.3 Å². The second kappa shape index (κ2) is 4.51. The lowest BCUT2D eigenvalue weighted by Gasteiger charge is -2.21. The number of hydrogen-bond acceptors (Lipinski definition) is 4. The summed E-state index contributed by atoms with van der Waals surface area (Å²) in [5.41, 5.74) is 1.01. The first-order valence-corrected chi connectivity index (χ1v) is 6.18. The molecule has 0 atom stereocenters. The summed E-state index contributed by atoms with van der Waals surface area (Å²) in [5, 5.41) is 10.4. The number of anilines is 2. The van der Waals surface area contributed by atoms with E-state index >= 15 is 0 Å². The fraction of sp³-hybridized carbons (Fsp3) is 0.667. The van der Waals surface area contributed by atoms with Crippen molar-refractivity contribution in [1.82, 2.24) is 9.78 Å². The Kier molecular flexibility index (Phi) is 3.19. The van der Waals surface area contributed by atoms with Gasteiger partial charge in [0.1, 0.15) is 17.1 Å². The summed E-state index contributed by atoms with van der Waals surface area (Å²) in [6, 6.07) is 0. The summed E-state index contributed by atoms with van der Waals surface area (Å²) in [6.45, 7) is 9.16. The van der Waals surface area contributed by atoms with E-state index < -0.39 is 11.7 Å². The van der Waals surface area contributed by atoms with Crippen molar-refractivity contribution in [3.05, 3.63) is 5.69 Å². The van der Waals surface area contributed by atoms with Gasteiger partial charge < -0.3 is 10.1 Å². The van der Waals surface area contributed by atoms with Crippen LogP contribution >= 0.6 is 0 Å². The molecular formula is C12H20N4O2. The van der Waals surface area contributed by atoms with Crippen LogP contribution in [0.1, 0.15) is 32.9 Å². The highest BCUT2D eigenvalue weighted by Crippen LogP contribution is 2.28. The monoisotopic (exact) mass is 252 g/mol. The number of fused-ring (bicyclic) bond motifs is 1. The van der Waals surface area contributed by atoms with Gasteiger partial charge in [-0.05, 0) is 34.1 Å². The van der Waals surface area contributed by atoms with Crippen LogP contribution in [0.2, 0.25) is 0 Å². The van der Waals surface area contributed by atoms with Gasteiger partial charge in [0.25, 0.3) is 0 Å². The van der Waals surface area contributed by atoms with Gasteiger partial charge in [-0.2, -0.15) is 5.10 Å². The molecule has 1 amide bonds. The largest absolute Gasteiger partial charge is 0.444 e. The number of hydrogen-bond donors (Lipinski definition) is 2. The predicted molar refractivity (Wildman–Crippen MR) is 69.9 cm³/mol. The molecule has 1 aromatic rings. The Morgan fingerprint density at radius 2 is 2.22 bits per heavy atom.